The van der Waals surface area contributed by atoms with E-state index >= 15 is 0 Å². The second-order valence-electron chi connectivity index (χ2n) is 3.78. The van der Waals surface area contributed by atoms with Gasteiger partial charge in [-0.3, -0.25) is 4.98 Å². The molecule has 2 nitrogen and oxygen atoms in total. The molecule has 0 aliphatic carbocycles. The Balaban J connectivity index is 1.98. The molecule has 0 saturated heterocycles. The summed E-state index contributed by atoms with van der Waals surface area (Å²) in [6.45, 7) is 0.377. The number of ether oxygens (including phenoxy) is 1. The number of hydrogen-bond acceptors (Lipinski definition) is 2. The number of aromatic nitrogens is 1. The van der Waals surface area contributed by atoms with Gasteiger partial charge in [-0.2, -0.15) is 0 Å². The Bertz CT molecular complexity index is 504. The van der Waals surface area contributed by atoms with Crippen LogP contribution in [0.2, 0.25) is 0 Å². The summed E-state index contributed by atoms with van der Waals surface area (Å²) in [6, 6.07) is 10.4. The fourth-order valence-electron chi connectivity index (χ4n) is 1.62. The van der Waals surface area contributed by atoms with E-state index in [1.807, 2.05) is 18.2 Å². The number of nitrogens with zero attached hydrogens (tertiary/aromatic N) is 1. The molecule has 0 fully saturated rings. The third kappa shape index (κ3) is 3.20. The molecule has 4 heteroatoms. The van der Waals surface area contributed by atoms with E-state index in [2.05, 4.69) is 4.98 Å². The Morgan fingerprint density at radius 3 is 2.78 bits per heavy atom. The van der Waals surface area contributed by atoms with Crippen LogP contribution in [-0.2, 0) is 12.3 Å². The predicted octanol–water partition coefficient (Wildman–Crippen LogP) is 3.58. The van der Waals surface area contributed by atoms with Gasteiger partial charge in [-0.05, 0) is 18.2 Å². The lowest BCUT2D eigenvalue weighted by atomic mass is 10.2. The van der Waals surface area contributed by atoms with Gasteiger partial charge in [-0.15, -0.1) is 11.6 Å². The van der Waals surface area contributed by atoms with Gasteiger partial charge in [0.1, 0.15) is 0 Å². The van der Waals surface area contributed by atoms with Gasteiger partial charge < -0.3 is 4.74 Å². The molecule has 0 unspecified atom stereocenters. The molecule has 2 rings (SSSR count). The summed E-state index contributed by atoms with van der Waals surface area (Å²) in [5.74, 6) is 0.0917. The number of pyridine rings is 1. The van der Waals surface area contributed by atoms with Crippen molar-refractivity contribution in [3.63, 3.8) is 0 Å². The fourth-order valence-corrected chi connectivity index (χ4v) is 1.83. The van der Waals surface area contributed by atoms with Crippen LogP contribution in [0.15, 0.2) is 42.6 Å². The van der Waals surface area contributed by atoms with Crippen LogP contribution in [0.3, 0.4) is 0 Å². The van der Waals surface area contributed by atoms with Gasteiger partial charge in [0, 0.05) is 23.9 Å². The molecule has 0 N–H and O–H groups in total. The summed E-state index contributed by atoms with van der Waals surface area (Å²) in [6.07, 6.45) is 2.36. The zero-order valence-electron chi connectivity index (χ0n) is 9.77. The molecule has 1 aromatic heterocycles. The Kier molecular flexibility index (Phi) is 4.53. The average molecular weight is 266 g/mol. The first-order valence-corrected chi connectivity index (χ1v) is 6.21. The number of halogens is 2. The lowest BCUT2D eigenvalue weighted by Crippen LogP contribution is -2.05. The van der Waals surface area contributed by atoms with Crippen molar-refractivity contribution in [3.8, 4) is 5.75 Å². The number of rotatable bonds is 5. The summed E-state index contributed by atoms with van der Waals surface area (Å²) >= 11 is 5.74. The maximum atomic E-state index is 13.6. The Hall–Kier alpha value is -1.61. The van der Waals surface area contributed by atoms with E-state index in [1.165, 1.54) is 6.07 Å². The number of benzene rings is 1. The molecule has 1 heterocycles. The monoisotopic (exact) mass is 265 g/mol. The minimum atomic E-state index is -0.380. The van der Waals surface area contributed by atoms with Crippen LogP contribution in [0.5, 0.6) is 5.75 Å². The lowest BCUT2D eigenvalue weighted by Gasteiger charge is -2.10. The molecular weight excluding hydrogens is 253 g/mol. The minimum Gasteiger partial charge on any atom is -0.490 e. The molecule has 0 saturated carbocycles. The van der Waals surface area contributed by atoms with E-state index in [-0.39, 0.29) is 17.4 Å². The maximum absolute atomic E-state index is 13.6. The van der Waals surface area contributed by atoms with Crippen molar-refractivity contribution in [3.05, 3.63) is 59.7 Å². The van der Waals surface area contributed by atoms with Crippen LogP contribution >= 0.6 is 11.6 Å². The van der Waals surface area contributed by atoms with E-state index in [1.54, 1.807) is 18.3 Å². The highest BCUT2D eigenvalue weighted by atomic mass is 35.5. The van der Waals surface area contributed by atoms with Gasteiger partial charge in [0.25, 0.3) is 0 Å². The van der Waals surface area contributed by atoms with E-state index in [0.29, 0.717) is 18.6 Å². The zero-order valence-corrected chi connectivity index (χ0v) is 10.5. The van der Waals surface area contributed by atoms with Crippen molar-refractivity contribution in [2.24, 2.45) is 0 Å². The van der Waals surface area contributed by atoms with Gasteiger partial charge in [0.15, 0.2) is 11.6 Å². The molecule has 1 aromatic carbocycles. The zero-order chi connectivity index (χ0) is 12.8. The molecule has 0 spiro atoms. The summed E-state index contributed by atoms with van der Waals surface area (Å²) in [4.78, 5) is 4.18. The highest BCUT2D eigenvalue weighted by molar-refractivity contribution is 6.17. The molecule has 2 aromatic rings. The summed E-state index contributed by atoms with van der Waals surface area (Å²) < 4.78 is 19.0. The molecule has 0 bridgehead atoms. The molecule has 0 aliphatic rings. The molecule has 0 amide bonds. The van der Waals surface area contributed by atoms with Crippen LogP contribution in [0.1, 0.15) is 11.3 Å². The number of hydrogen-bond donors (Lipinski definition) is 0. The molecule has 0 atom stereocenters. The van der Waals surface area contributed by atoms with Crippen molar-refractivity contribution in [1.29, 1.82) is 0 Å². The second-order valence-corrected chi connectivity index (χ2v) is 4.05. The smallest absolute Gasteiger partial charge is 0.165 e. The van der Waals surface area contributed by atoms with Crippen LogP contribution in [0.25, 0.3) is 0 Å². The van der Waals surface area contributed by atoms with Gasteiger partial charge in [0.2, 0.25) is 0 Å². The number of para-hydroxylation sites is 1. The van der Waals surface area contributed by atoms with Gasteiger partial charge in [0.05, 0.1) is 12.5 Å². The van der Waals surface area contributed by atoms with Crippen molar-refractivity contribution in [2.75, 3.05) is 6.61 Å². The third-order valence-corrected chi connectivity index (χ3v) is 2.81. The minimum absolute atomic E-state index is 0.233. The first kappa shape index (κ1) is 12.8. The first-order chi connectivity index (χ1) is 8.81. The largest absolute Gasteiger partial charge is 0.490 e. The van der Waals surface area contributed by atoms with Crippen LogP contribution < -0.4 is 4.74 Å². The van der Waals surface area contributed by atoms with Crippen LogP contribution in [0, 0.1) is 5.82 Å². The summed E-state index contributed by atoms with van der Waals surface area (Å²) in [5.41, 5.74) is 1.58. The van der Waals surface area contributed by atoms with Crippen molar-refractivity contribution in [1.82, 2.24) is 4.98 Å². The Morgan fingerprint density at radius 1 is 1.17 bits per heavy atom. The highest BCUT2D eigenvalue weighted by Crippen LogP contribution is 2.24. The molecule has 0 radical (unpaired) electrons. The Morgan fingerprint density at radius 2 is 2.06 bits per heavy atom. The van der Waals surface area contributed by atoms with E-state index < -0.39 is 0 Å². The van der Waals surface area contributed by atoms with Gasteiger partial charge in [-0.1, -0.05) is 18.2 Å². The van der Waals surface area contributed by atoms with E-state index in [4.69, 9.17) is 16.3 Å². The lowest BCUT2D eigenvalue weighted by molar-refractivity contribution is 0.301. The van der Waals surface area contributed by atoms with Crippen molar-refractivity contribution in [2.45, 2.75) is 12.3 Å². The third-order valence-electron chi connectivity index (χ3n) is 2.52. The first-order valence-electron chi connectivity index (χ1n) is 5.67. The fraction of sp³-hybridized carbons (Fsp3) is 0.214. The summed E-state index contributed by atoms with van der Waals surface area (Å²) in [5, 5.41) is 0. The van der Waals surface area contributed by atoms with Gasteiger partial charge in [-0.25, -0.2) is 4.39 Å². The van der Waals surface area contributed by atoms with Crippen molar-refractivity contribution < 1.29 is 9.13 Å². The van der Waals surface area contributed by atoms with Crippen molar-refractivity contribution >= 4 is 11.6 Å². The second kappa shape index (κ2) is 6.36. The average Bonchev–Trinajstić information content (AvgIpc) is 2.41. The molecular formula is C14H13ClFNO. The predicted molar refractivity (Wildman–Crippen MR) is 69.4 cm³/mol. The standard InChI is InChI=1S/C14H13ClFNO/c15-10-11-4-3-6-13(16)14(11)18-9-7-12-5-1-2-8-17-12/h1-6,8H,7,9-10H2. The highest BCUT2D eigenvalue weighted by Gasteiger charge is 2.08. The molecule has 18 heavy (non-hydrogen) atoms. The molecule has 94 valence electrons. The quantitative estimate of drug-likeness (QED) is 0.771. The normalized spacial score (nSPS) is 10.3. The number of alkyl halides is 1. The topological polar surface area (TPSA) is 22.1 Å². The maximum Gasteiger partial charge on any atom is 0.165 e. The summed E-state index contributed by atoms with van der Waals surface area (Å²) in [7, 11) is 0. The van der Waals surface area contributed by atoms with Crippen LogP contribution in [-0.4, -0.2) is 11.6 Å². The van der Waals surface area contributed by atoms with Crippen LogP contribution in [0.4, 0.5) is 4.39 Å². The Labute approximate surface area is 110 Å². The molecule has 0 aliphatic heterocycles. The van der Waals surface area contributed by atoms with Gasteiger partial charge >= 0.3 is 0 Å². The van der Waals surface area contributed by atoms with E-state index in [9.17, 15) is 4.39 Å². The SMILES string of the molecule is Fc1cccc(CCl)c1OCCc1ccccn1. The van der Waals surface area contributed by atoms with E-state index in [0.717, 1.165) is 5.69 Å².